The van der Waals surface area contributed by atoms with E-state index in [0.29, 0.717) is 0 Å². The van der Waals surface area contributed by atoms with Gasteiger partial charge in [0.1, 0.15) is 0 Å². The van der Waals surface area contributed by atoms with E-state index in [1.807, 2.05) is 36.5 Å². The number of rotatable bonds is 0. The van der Waals surface area contributed by atoms with Gasteiger partial charge >= 0.3 is 0 Å². The van der Waals surface area contributed by atoms with Gasteiger partial charge in [-0.2, -0.15) is 0 Å². The Bertz CT molecular complexity index is 371. The van der Waals surface area contributed by atoms with Crippen molar-refractivity contribution in [2.75, 3.05) is 0 Å². The van der Waals surface area contributed by atoms with Crippen molar-refractivity contribution in [3.05, 3.63) is 85.1 Å². The zero-order valence-electron chi connectivity index (χ0n) is 12.3. The lowest BCUT2D eigenvalue weighted by atomic mass is 10.1. The molecule has 106 valence electrons. The molecule has 0 atom stereocenters. The van der Waals surface area contributed by atoms with E-state index >= 15 is 0 Å². The van der Waals surface area contributed by atoms with Crippen molar-refractivity contribution in [1.82, 2.24) is 0 Å². The van der Waals surface area contributed by atoms with Gasteiger partial charge in [0.15, 0.2) is 0 Å². The summed E-state index contributed by atoms with van der Waals surface area (Å²) in [6.45, 7) is 0. The molecule has 0 aliphatic heterocycles. The topological polar surface area (TPSA) is 0 Å². The van der Waals surface area contributed by atoms with E-state index in [4.69, 9.17) is 0 Å². The monoisotopic (exact) mass is 266 g/mol. The molecule has 0 bridgehead atoms. The Morgan fingerprint density at radius 1 is 0.300 bits per heavy atom. The molecule has 0 heteroatoms. The Labute approximate surface area is 124 Å². The summed E-state index contributed by atoms with van der Waals surface area (Å²) in [5, 5.41) is 0. The van der Waals surface area contributed by atoms with Gasteiger partial charge in [-0.05, 0) is 25.7 Å². The molecule has 1 aliphatic rings. The van der Waals surface area contributed by atoms with Crippen LogP contribution in [0.15, 0.2) is 85.1 Å². The summed E-state index contributed by atoms with van der Waals surface area (Å²) in [6.07, 6.45) is 37.0. The molecule has 0 radical (unpaired) electrons. The normalized spacial score (nSPS) is 18.4. The largest absolute Gasteiger partial charge is 0.0845 e. The van der Waals surface area contributed by atoms with Crippen LogP contribution in [-0.4, -0.2) is 0 Å². The van der Waals surface area contributed by atoms with Gasteiger partial charge in [-0.1, -0.05) is 97.9 Å². The van der Waals surface area contributed by atoms with Crippen LogP contribution >= 0.6 is 0 Å². The van der Waals surface area contributed by atoms with Crippen molar-refractivity contribution in [2.24, 2.45) is 0 Å². The minimum absolute atomic E-state index is 1.19. The second kappa shape index (κ2) is 13.6. The van der Waals surface area contributed by atoms with Gasteiger partial charge in [-0.25, -0.2) is 0 Å². The third-order valence-corrected chi connectivity index (χ3v) is 2.99. The van der Waals surface area contributed by atoms with Crippen LogP contribution in [0.5, 0.6) is 0 Å². The Kier molecular flexibility index (Phi) is 11.0. The molecule has 0 aromatic rings. The summed E-state index contributed by atoms with van der Waals surface area (Å²) in [7, 11) is 0. The van der Waals surface area contributed by atoms with E-state index in [0.717, 1.165) is 0 Å². The van der Waals surface area contributed by atoms with Gasteiger partial charge in [-0.15, -0.1) is 0 Å². The van der Waals surface area contributed by atoms with E-state index < -0.39 is 0 Å². The van der Waals surface area contributed by atoms with Crippen LogP contribution in [0.2, 0.25) is 0 Å². The fourth-order valence-electron chi connectivity index (χ4n) is 1.87. The maximum atomic E-state index is 2.26. The van der Waals surface area contributed by atoms with Gasteiger partial charge in [0.25, 0.3) is 0 Å². The Morgan fingerprint density at radius 3 is 0.950 bits per heavy atom. The molecule has 0 unspecified atom stereocenters. The number of hydrogen-bond acceptors (Lipinski definition) is 0. The first-order valence-corrected chi connectivity index (χ1v) is 7.65. The number of hydrogen-bond donors (Lipinski definition) is 0. The van der Waals surface area contributed by atoms with Crippen molar-refractivity contribution in [3.8, 4) is 0 Å². The summed E-state index contributed by atoms with van der Waals surface area (Å²) >= 11 is 0. The lowest BCUT2D eigenvalue weighted by molar-refractivity contribution is 0.652. The summed E-state index contributed by atoms with van der Waals surface area (Å²) in [5.74, 6) is 0. The first kappa shape index (κ1) is 16.2. The average Bonchev–Trinajstić information content (AvgIpc) is 2.46. The van der Waals surface area contributed by atoms with Crippen molar-refractivity contribution in [2.45, 2.75) is 38.5 Å². The third-order valence-electron chi connectivity index (χ3n) is 2.99. The highest BCUT2D eigenvalue weighted by atomic mass is 13.9. The SMILES string of the molecule is C1=CC=CC=CC=CCCCCCCC=CC=CC=C1. The molecule has 1 aliphatic carbocycles. The summed E-state index contributed by atoms with van der Waals surface area (Å²) in [4.78, 5) is 0. The molecular weight excluding hydrogens is 240 g/mol. The molecule has 0 heterocycles. The zero-order valence-corrected chi connectivity index (χ0v) is 12.3. The van der Waals surface area contributed by atoms with Crippen LogP contribution < -0.4 is 0 Å². The molecule has 0 N–H and O–H groups in total. The molecular formula is C20H26. The predicted octanol–water partition coefficient (Wildman–Crippen LogP) is 6.23. The van der Waals surface area contributed by atoms with Crippen LogP contribution in [0.3, 0.4) is 0 Å². The molecule has 0 saturated heterocycles. The fraction of sp³-hybridized carbons (Fsp3) is 0.300. The fourth-order valence-corrected chi connectivity index (χ4v) is 1.87. The van der Waals surface area contributed by atoms with Crippen molar-refractivity contribution in [3.63, 3.8) is 0 Å². The molecule has 0 aromatic heterocycles. The van der Waals surface area contributed by atoms with Gasteiger partial charge < -0.3 is 0 Å². The van der Waals surface area contributed by atoms with Crippen LogP contribution in [0.4, 0.5) is 0 Å². The van der Waals surface area contributed by atoms with Crippen molar-refractivity contribution >= 4 is 0 Å². The number of allylic oxidation sites excluding steroid dienone is 14. The van der Waals surface area contributed by atoms with Gasteiger partial charge in [0.05, 0.1) is 0 Å². The molecule has 0 amide bonds. The second-order valence-electron chi connectivity index (χ2n) is 4.77. The molecule has 0 aromatic carbocycles. The van der Waals surface area contributed by atoms with Gasteiger partial charge in [0, 0.05) is 0 Å². The first-order valence-electron chi connectivity index (χ1n) is 7.65. The van der Waals surface area contributed by atoms with E-state index in [9.17, 15) is 0 Å². The smallest absolute Gasteiger partial charge is 0.0348 e. The second-order valence-corrected chi connectivity index (χ2v) is 4.77. The lowest BCUT2D eigenvalue weighted by Crippen LogP contribution is -1.76. The highest BCUT2D eigenvalue weighted by molar-refractivity contribution is 5.20. The summed E-state index contributed by atoms with van der Waals surface area (Å²) in [5.41, 5.74) is 0. The standard InChI is InChI=1S/C20H26/c1-2-4-6-8-10-12-14-16-18-20-19-17-15-13-11-9-7-5-3-1/h1-14H,15-20H2. The van der Waals surface area contributed by atoms with Crippen LogP contribution in [0.25, 0.3) is 0 Å². The summed E-state index contributed by atoms with van der Waals surface area (Å²) in [6, 6.07) is 0. The minimum atomic E-state index is 1.19. The molecule has 20 heavy (non-hydrogen) atoms. The van der Waals surface area contributed by atoms with Crippen molar-refractivity contribution in [1.29, 1.82) is 0 Å². The van der Waals surface area contributed by atoms with Gasteiger partial charge in [-0.3, -0.25) is 0 Å². The van der Waals surface area contributed by atoms with Crippen LogP contribution in [-0.2, 0) is 0 Å². The molecule has 0 nitrogen and oxygen atoms in total. The molecule has 0 saturated carbocycles. The molecule has 0 spiro atoms. The van der Waals surface area contributed by atoms with Crippen LogP contribution in [0.1, 0.15) is 38.5 Å². The average molecular weight is 266 g/mol. The third kappa shape index (κ3) is 11.3. The Hall–Kier alpha value is -1.82. The first-order chi connectivity index (χ1) is 10.0. The highest BCUT2D eigenvalue weighted by Gasteiger charge is 1.86. The summed E-state index contributed by atoms with van der Waals surface area (Å²) < 4.78 is 0. The lowest BCUT2D eigenvalue weighted by Gasteiger charge is -1.96. The quantitative estimate of drug-likeness (QED) is 0.487. The Morgan fingerprint density at radius 2 is 0.600 bits per heavy atom. The van der Waals surface area contributed by atoms with E-state index in [2.05, 4.69) is 48.6 Å². The highest BCUT2D eigenvalue weighted by Crippen LogP contribution is 2.06. The van der Waals surface area contributed by atoms with Crippen molar-refractivity contribution < 1.29 is 0 Å². The zero-order chi connectivity index (χ0) is 14.1. The predicted molar refractivity (Wildman–Crippen MR) is 91.7 cm³/mol. The van der Waals surface area contributed by atoms with Gasteiger partial charge in [0.2, 0.25) is 0 Å². The molecule has 0 fully saturated rings. The van der Waals surface area contributed by atoms with E-state index in [1.54, 1.807) is 0 Å². The van der Waals surface area contributed by atoms with E-state index in [-0.39, 0.29) is 0 Å². The maximum Gasteiger partial charge on any atom is -0.0348 e. The molecule has 1 rings (SSSR count). The van der Waals surface area contributed by atoms with Crippen LogP contribution in [0, 0.1) is 0 Å². The Balaban J connectivity index is 2.45. The van der Waals surface area contributed by atoms with E-state index in [1.165, 1.54) is 38.5 Å². The minimum Gasteiger partial charge on any atom is -0.0845 e. The maximum absolute atomic E-state index is 2.26.